The summed E-state index contributed by atoms with van der Waals surface area (Å²) in [6.07, 6.45) is 4.66. The van der Waals surface area contributed by atoms with E-state index in [4.69, 9.17) is 0 Å². The van der Waals surface area contributed by atoms with Gasteiger partial charge in [-0.15, -0.1) is 0 Å². The summed E-state index contributed by atoms with van der Waals surface area (Å²) >= 11 is 3.85. The molecule has 0 aliphatic heterocycles. The number of rotatable bonds is 4. The Kier molecular flexibility index (Phi) is 3.73. The molecule has 0 aliphatic rings. The van der Waals surface area contributed by atoms with E-state index < -0.39 is 0 Å². The summed E-state index contributed by atoms with van der Waals surface area (Å²) in [5.41, 5.74) is 1.20. The van der Waals surface area contributed by atoms with Crippen molar-refractivity contribution in [2.24, 2.45) is 0 Å². The quantitative estimate of drug-likeness (QED) is 0.590. The Morgan fingerprint density at radius 2 is 2.50 bits per heavy atom. The smallest absolute Gasteiger partial charge is 0.229 e. The van der Waals surface area contributed by atoms with Gasteiger partial charge < -0.3 is 10.3 Å². The van der Waals surface area contributed by atoms with Gasteiger partial charge in [0.25, 0.3) is 0 Å². The van der Waals surface area contributed by atoms with E-state index in [-0.39, 0.29) is 11.7 Å². The van der Waals surface area contributed by atoms with Crippen molar-refractivity contribution in [3.05, 3.63) is 24.0 Å². The van der Waals surface area contributed by atoms with Crippen LogP contribution < -0.4 is 5.32 Å². The van der Waals surface area contributed by atoms with Gasteiger partial charge in [0, 0.05) is 18.9 Å². The molecule has 3 nitrogen and oxygen atoms in total. The van der Waals surface area contributed by atoms with Crippen molar-refractivity contribution in [2.45, 2.75) is 6.42 Å². The first-order chi connectivity index (χ1) is 5.83. The number of aromatic amines is 1. The lowest BCUT2D eigenvalue weighted by molar-refractivity contribution is -0.118. The maximum atomic E-state index is 10.7. The van der Waals surface area contributed by atoms with Crippen LogP contribution in [0.15, 0.2) is 18.5 Å². The number of H-pyrrole nitrogens is 1. The fourth-order valence-corrected chi connectivity index (χ4v) is 1.03. The van der Waals surface area contributed by atoms with E-state index in [9.17, 15) is 4.79 Å². The van der Waals surface area contributed by atoms with Crippen LogP contribution in [0, 0.1) is 0 Å². The Balaban J connectivity index is 2.15. The van der Waals surface area contributed by atoms with Crippen molar-refractivity contribution in [3.8, 4) is 0 Å². The third kappa shape index (κ3) is 3.00. The molecule has 2 N–H and O–H groups in total. The van der Waals surface area contributed by atoms with Crippen LogP contribution in [0.25, 0.3) is 0 Å². The van der Waals surface area contributed by atoms with Crippen molar-refractivity contribution >= 4 is 18.5 Å². The fourth-order valence-electron chi connectivity index (χ4n) is 0.916. The number of hydrogen-bond donors (Lipinski definition) is 3. The van der Waals surface area contributed by atoms with Crippen LogP contribution in [-0.4, -0.2) is 23.2 Å². The normalized spacial score (nSPS) is 9.75. The Bertz CT molecular complexity index is 233. The van der Waals surface area contributed by atoms with Crippen LogP contribution >= 0.6 is 12.6 Å². The minimum Gasteiger partial charge on any atom is -0.367 e. The van der Waals surface area contributed by atoms with Crippen molar-refractivity contribution < 1.29 is 4.79 Å². The number of nitrogens with one attached hydrogen (secondary N) is 2. The molecule has 0 saturated heterocycles. The van der Waals surface area contributed by atoms with Crippen LogP contribution in [0.4, 0.5) is 0 Å². The molecule has 66 valence electrons. The second kappa shape index (κ2) is 4.87. The summed E-state index contributed by atoms with van der Waals surface area (Å²) in [5.74, 6) is 0.238. The van der Waals surface area contributed by atoms with Gasteiger partial charge in [0.05, 0.1) is 5.75 Å². The zero-order valence-corrected chi connectivity index (χ0v) is 7.60. The molecule has 0 fully saturated rings. The van der Waals surface area contributed by atoms with E-state index in [1.54, 1.807) is 0 Å². The molecule has 0 atom stereocenters. The van der Waals surface area contributed by atoms with E-state index in [0.717, 1.165) is 6.42 Å². The molecule has 0 aromatic carbocycles. The first kappa shape index (κ1) is 9.19. The molecule has 0 bridgehead atoms. The molecule has 0 saturated carbocycles. The maximum Gasteiger partial charge on any atom is 0.229 e. The van der Waals surface area contributed by atoms with Gasteiger partial charge >= 0.3 is 0 Å². The molecule has 1 rings (SSSR count). The van der Waals surface area contributed by atoms with Crippen LogP contribution in [-0.2, 0) is 11.2 Å². The number of thiol groups is 1. The molecule has 1 aromatic heterocycles. The van der Waals surface area contributed by atoms with Crippen molar-refractivity contribution in [2.75, 3.05) is 12.3 Å². The second-order valence-corrected chi connectivity index (χ2v) is 2.79. The predicted octanol–water partition coefficient (Wildman–Crippen LogP) is 0.603. The summed E-state index contributed by atoms with van der Waals surface area (Å²) in [5, 5.41) is 2.74. The van der Waals surface area contributed by atoms with E-state index in [1.807, 2.05) is 18.5 Å². The van der Waals surface area contributed by atoms with Gasteiger partial charge in [-0.2, -0.15) is 12.6 Å². The van der Waals surface area contributed by atoms with Gasteiger partial charge in [-0.25, -0.2) is 0 Å². The van der Waals surface area contributed by atoms with Crippen molar-refractivity contribution in [1.29, 1.82) is 0 Å². The molecule has 1 amide bonds. The number of hydrogen-bond acceptors (Lipinski definition) is 2. The summed E-state index contributed by atoms with van der Waals surface area (Å²) < 4.78 is 0. The lowest BCUT2D eigenvalue weighted by atomic mass is 10.2. The minimum atomic E-state index is -0.0196. The SMILES string of the molecule is O=C(CS)NCCc1cc[nH]c1. The number of carbonyl (C=O) groups is 1. The highest BCUT2D eigenvalue weighted by Gasteiger charge is 1.96. The highest BCUT2D eigenvalue weighted by molar-refractivity contribution is 7.81. The van der Waals surface area contributed by atoms with Crippen LogP contribution in [0.2, 0.25) is 0 Å². The van der Waals surface area contributed by atoms with Gasteiger partial charge in [-0.1, -0.05) is 0 Å². The topological polar surface area (TPSA) is 44.9 Å². The second-order valence-electron chi connectivity index (χ2n) is 2.48. The Labute approximate surface area is 77.0 Å². The average molecular weight is 184 g/mol. The van der Waals surface area contributed by atoms with Crippen molar-refractivity contribution in [1.82, 2.24) is 10.3 Å². The van der Waals surface area contributed by atoms with Gasteiger partial charge in [0.15, 0.2) is 0 Å². The molecule has 0 spiro atoms. The predicted molar refractivity (Wildman–Crippen MR) is 51.4 cm³/mol. The maximum absolute atomic E-state index is 10.7. The largest absolute Gasteiger partial charge is 0.367 e. The van der Waals surface area contributed by atoms with Gasteiger partial charge in [0.1, 0.15) is 0 Å². The van der Waals surface area contributed by atoms with Gasteiger partial charge in [0.2, 0.25) is 5.91 Å². The Morgan fingerprint density at radius 1 is 1.67 bits per heavy atom. The standard InChI is InChI=1S/C8H12N2OS/c11-8(6-12)10-4-2-7-1-3-9-5-7/h1,3,5,9,12H,2,4,6H2,(H,10,11). The molecular weight excluding hydrogens is 172 g/mol. The number of carbonyl (C=O) groups excluding carboxylic acids is 1. The Morgan fingerprint density at radius 3 is 3.08 bits per heavy atom. The van der Waals surface area contributed by atoms with E-state index in [1.165, 1.54) is 5.56 Å². The summed E-state index contributed by atoms with van der Waals surface area (Å²) in [4.78, 5) is 13.7. The first-order valence-electron chi connectivity index (χ1n) is 3.82. The zero-order chi connectivity index (χ0) is 8.81. The molecule has 4 heteroatoms. The minimum absolute atomic E-state index is 0.0196. The third-order valence-corrected chi connectivity index (χ3v) is 1.83. The Hall–Kier alpha value is -0.900. The van der Waals surface area contributed by atoms with E-state index >= 15 is 0 Å². The number of amides is 1. The molecule has 0 unspecified atom stereocenters. The monoisotopic (exact) mass is 184 g/mol. The number of aromatic nitrogens is 1. The van der Waals surface area contributed by atoms with Crippen LogP contribution in [0.1, 0.15) is 5.56 Å². The molecule has 1 heterocycles. The van der Waals surface area contributed by atoms with E-state index in [2.05, 4.69) is 22.9 Å². The van der Waals surface area contributed by atoms with Crippen LogP contribution in [0.3, 0.4) is 0 Å². The van der Waals surface area contributed by atoms with Crippen LogP contribution in [0.5, 0.6) is 0 Å². The van der Waals surface area contributed by atoms with E-state index in [0.29, 0.717) is 6.54 Å². The highest BCUT2D eigenvalue weighted by Crippen LogP contribution is 1.95. The summed E-state index contributed by atoms with van der Waals surface area (Å²) in [6.45, 7) is 0.678. The summed E-state index contributed by atoms with van der Waals surface area (Å²) in [7, 11) is 0. The van der Waals surface area contributed by atoms with Crippen molar-refractivity contribution in [3.63, 3.8) is 0 Å². The lowest BCUT2D eigenvalue weighted by Crippen LogP contribution is -2.26. The summed E-state index contributed by atoms with van der Waals surface area (Å²) in [6, 6.07) is 1.99. The zero-order valence-electron chi connectivity index (χ0n) is 6.71. The average Bonchev–Trinajstić information content (AvgIpc) is 2.57. The first-order valence-corrected chi connectivity index (χ1v) is 4.45. The molecule has 1 aromatic rings. The molecular formula is C8H12N2OS. The third-order valence-electron chi connectivity index (χ3n) is 1.54. The highest BCUT2D eigenvalue weighted by atomic mass is 32.1. The van der Waals surface area contributed by atoms with Gasteiger partial charge in [-0.3, -0.25) is 4.79 Å². The van der Waals surface area contributed by atoms with Gasteiger partial charge in [-0.05, 0) is 18.1 Å². The molecule has 0 aliphatic carbocycles. The molecule has 12 heavy (non-hydrogen) atoms. The molecule has 0 radical (unpaired) electrons. The lowest BCUT2D eigenvalue weighted by Gasteiger charge is -2.00. The fraction of sp³-hybridized carbons (Fsp3) is 0.375.